The molecule has 0 saturated carbocycles. The molecule has 2 aromatic carbocycles. The lowest BCUT2D eigenvalue weighted by Gasteiger charge is -2.07. The van der Waals surface area contributed by atoms with Crippen molar-refractivity contribution in [3.63, 3.8) is 0 Å². The first-order chi connectivity index (χ1) is 23.3. The molecule has 254 valence electrons. The molecule has 4 heterocycles. The second-order valence-corrected chi connectivity index (χ2v) is 11.0. The highest BCUT2D eigenvalue weighted by Crippen LogP contribution is 2.31. The normalized spacial score (nSPS) is 11.3. The first-order valence-corrected chi connectivity index (χ1v) is 15.0. The van der Waals surface area contributed by atoms with Gasteiger partial charge in [-0.25, -0.2) is 14.0 Å². The third kappa shape index (κ3) is 8.21. The number of hydrogen-bond donors (Lipinski definition) is 4. The highest BCUT2D eigenvalue weighted by atomic mass is 35.5. The summed E-state index contributed by atoms with van der Waals surface area (Å²) in [5.74, 6) is -2.24. The largest absolute Gasteiger partial charge is 0.478 e. The smallest absolute Gasteiger partial charge is 0.390 e. The predicted octanol–water partition coefficient (Wildman–Crippen LogP) is 7.90. The van der Waals surface area contributed by atoms with Gasteiger partial charge in [0.15, 0.2) is 11.6 Å². The number of alkyl halides is 3. The van der Waals surface area contributed by atoms with E-state index in [2.05, 4.69) is 37.7 Å². The Labute approximate surface area is 280 Å². The molecule has 0 spiro atoms. The van der Waals surface area contributed by atoms with Crippen LogP contribution in [0.5, 0.6) is 0 Å². The summed E-state index contributed by atoms with van der Waals surface area (Å²) in [6.07, 6.45) is 0.904. The lowest BCUT2D eigenvalue weighted by Crippen LogP contribution is -2.13. The Morgan fingerprint density at radius 2 is 1.31 bits per heavy atom. The molecule has 6 rings (SSSR count). The van der Waals surface area contributed by atoms with Crippen LogP contribution in [0.3, 0.4) is 0 Å². The first-order valence-electron chi connectivity index (χ1n) is 14.6. The number of fused-ring (bicyclic) bond motifs is 2. The van der Waals surface area contributed by atoms with Crippen LogP contribution in [0.1, 0.15) is 40.5 Å². The number of aryl methyl sites for hydroxylation is 2. The quantitative estimate of drug-likeness (QED) is 0.104. The van der Waals surface area contributed by atoms with E-state index < -0.39 is 36.9 Å². The van der Waals surface area contributed by atoms with Crippen LogP contribution in [0.15, 0.2) is 73.3 Å². The van der Waals surface area contributed by atoms with E-state index in [0.717, 1.165) is 40.7 Å². The maximum Gasteiger partial charge on any atom is 0.390 e. The minimum absolute atomic E-state index is 0.0391. The van der Waals surface area contributed by atoms with Gasteiger partial charge in [-0.1, -0.05) is 18.5 Å². The number of rotatable bonds is 10. The summed E-state index contributed by atoms with van der Waals surface area (Å²) in [6, 6.07) is 11.8. The molecular weight excluding hydrogens is 672 g/mol. The van der Waals surface area contributed by atoms with Crippen molar-refractivity contribution in [1.82, 2.24) is 29.5 Å². The minimum Gasteiger partial charge on any atom is -0.478 e. The van der Waals surface area contributed by atoms with Crippen molar-refractivity contribution in [2.45, 2.75) is 39.0 Å². The summed E-state index contributed by atoms with van der Waals surface area (Å²) in [6.45, 7) is 2.38. The molecule has 0 aliphatic rings. The zero-order chi connectivity index (χ0) is 35.3. The molecule has 0 atom stereocenters. The molecule has 0 aliphatic heterocycles. The summed E-state index contributed by atoms with van der Waals surface area (Å²) in [5, 5.41) is 34.5. The molecule has 4 aromatic heterocycles. The van der Waals surface area contributed by atoms with Gasteiger partial charge in [-0.15, -0.1) is 0 Å². The van der Waals surface area contributed by atoms with Gasteiger partial charge >= 0.3 is 18.1 Å². The monoisotopic (exact) mass is 698 g/mol. The number of halogens is 5. The number of aromatic carboxylic acids is 2. The fourth-order valence-corrected chi connectivity index (χ4v) is 5.06. The van der Waals surface area contributed by atoms with E-state index >= 15 is 0 Å². The van der Waals surface area contributed by atoms with E-state index in [0.29, 0.717) is 22.0 Å². The maximum atomic E-state index is 13.6. The van der Waals surface area contributed by atoms with Crippen molar-refractivity contribution in [1.29, 1.82) is 0 Å². The Morgan fingerprint density at radius 3 is 1.82 bits per heavy atom. The summed E-state index contributed by atoms with van der Waals surface area (Å²) in [7, 11) is 0. The second kappa shape index (κ2) is 14.6. The van der Waals surface area contributed by atoms with Crippen LogP contribution in [-0.2, 0) is 13.1 Å². The van der Waals surface area contributed by atoms with Crippen molar-refractivity contribution in [3.8, 4) is 0 Å². The zero-order valence-corrected chi connectivity index (χ0v) is 26.3. The molecule has 49 heavy (non-hydrogen) atoms. The molecule has 0 fully saturated rings. The fraction of sp³-hybridized carbons (Fsp3) is 0.188. The highest BCUT2D eigenvalue weighted by Gasteiger charge is 2.27. The van der Waals surface area contributed by atoms with Crippen LogP contribution in [-0.4, -0.2) is 57.9 Å². The van der Waals surface area contributed by atoms with Gasteiger partial charge in [0.05, 0.1) is 58.9 Å². The summed E-state index contributed by atoms with van der Waals surface area (Å²) >= 11 is 6.09. The number of carboxylic acid groups (broad SMARTS) is 2. The van der Waals surface area contributed by atoms with Gasteiger partial charge in [0.2, 0.25) is 0 Å². The molecule has 17 heteroatoms. The Morgan fingerprint density at radius 1 is 0.796 bits per heavy atom. The number of anilines is 4. The predicted molar refractivity (Wildman–Crippen MR) is 174 cm³/mol. The molecule has 12 nitrogen and oxygen atoms in total. The number of carboxylic acids is 2. The summed E-state index contributed by atoms with van der Waals surface area (Å²) in [5.41, 5.74) is 1.75. The van der Waals surface area contributed by atoms with Gasteiger partial charge in [-0.2, -0.15) is 23.4 Å². The number of benzene rings is 2. The van der Waals surface area contributed by atoms with Crippen LogP contribution >= 0.6 is 11.6 Å². The second-order valence-electron chi connectivity index (χ2n) is 10.5. The topological polar surface area (TPSA) is 160 Å². The first kappa shape index (κ1) is 34.6. The minimum atomic E-state index is -4.37. The van der Waals surface area contributed by atoms with E-state index in [4.69, 9.17) is 11.6 Å². The Kier molecular flexibility index (Phi) is 10.3. The number of hydrogen-bond acceptors (Lipinski definition) is 8. The van der Waals surface area contributed by atoms with E-state index in [-0.39, 0.29) is 28.0 Å². The van der Waals surface area contributed by atoms with Gasteiger partial charge in [-0.05, 0) is 55.0 Å². The molecule has 0 radical (unpaired) electrons. The average molecular weight is 699 g/mol. The van der Waals surface area contributed by atoms with Crippen molar-refractivity contribution in [2.75, 3.05) is 10.6 Å². The van der Waals surface area contributed by atoms with Crippen molar-refractivity contribution >= 4 is 68.4 Å². The maximum absolute atomic E-state index is 13.6. The van der Waals surface area contributed by atoms with Crippen LogP contribution in [0, 0.1) is 5.82 Å². The molecule has 0 aliphatic carbocycles. The number of carbonyl (C=O) groups is 2. The van der Waals surface area contributed by atoms with Crippen molar-refractivity contribution in [3.05, 3.63) is 95.3 Å². The van der Waals surface area contributed by atoms with Crippen LogP contribution in [0.2, 0.25) is 5.02 Å². The van der Waals surface area contributed by atoms with Crippen LogP contribution in [0.25, 0.3) is 21.8 Å². The van der Waals surface area contributed by atoms with Crippen molar-refractivity contribution in [2.24, 2.45) is 0 Å². The molecule has 0 amide bonds. The lowest BCUT2D eigenvalue weighted by atomic mass is 10.2. The molecular formula is C32H27ClF4N8O4. The molecule has 0 unspecified atom stereocenters. The van der Waals surface area contributed by atoms with Crippen LogP contribution in [0.4, 0.5) is 40.6 Å². The molecule has 4 N–H and O–H groups in total. The fourth-order valence-electron chi connectivity index (χ4n) is 4.89. The van der Waals surface area contributed by atoms with Gasteiger partial charge in [0.25, 0.3) is 0 Å². The molecule has 0 saturated heterocycles. The van der Waals surface area contributed by atoms with E-state index in [1.807, 2.05) is 22.9 Å². The third-order valence-electron chi connectivity index (χ3n) is 7.08. The standard InChI is InChI=1S/C16H15ClN4O2.C16H12F4N4O2/c1-2-7-21-14-4-3-10(17)8-12(14)15(20-21)19-13-9-18-6-5-11(13)16(22)23;17-9-1-2-13-11(7-9)14(23-24(13)6-4-16(18,19)20)22-12-8-21-5-3-10(12)15(25)26/h3-6,8-9H,2,7H2,1H3,(H,19,20)(H,22,23);1-3,5,7-8H,4,6H2,(H,22,23)(H,25,26). The average Bonchev–Trinajstić information content (AvgIpc) is 3.56. The Hall–Kier alpha value is -5.77. The van der Waals surface area contributed by atoms with E-state index in [1.165, 1.54) is 43.0 Å². The number of pyridine rings is 2. The van der Waals surface area contributed by atoms with E-state index in [1.54, 1.807) is 0 Å². The lowest BCUT2D eigenvalue weighted by molar-refractivity contribution is -0.137. The number of aromatic nitrogens is 6. The van der Waals surface area contributed by atoms with Gasteiger partial charge in [0, 0.05) is 34.7 Å². The highest BCUT2D eigenvalue weighted by molar-refractivity contribution is 6.31. The Balaban J connectivity index is 0.000000192. The number of nitrogens with zero attached hydrogens (tertiary/aromatic N) is 6. The van der Waals surface area contributed by atoms with Crippen LogP contribution < -0.4 is 10.6 Å². The van der Waals surface area contributed by atoms with E-state index in [9.17, 15) is 37.4 Å². The van der Waals surface area contributed by atoms with Gasteiger partial charge < -0.3 is 20.8 Å². The molecule has 0 bridgehead atoms. The zero-order valence-electron chi connectivity index (χ0n) is 25.5. The molecule has 6 aromatic rings. The van der Waals surface area contributed by atoms with Gasteiger partial charge in [-0.3, -0.25) is 19.3 Å². The third-order valence-corrected chi connectivity index (χ3v) is 7.31. The Bertz CT molecular complexity index is 2150. The summed E-state index contributed by atoms with van der Waals surface area (Å²) in [4.78, 5) is 30.4. The number of nitrogens with one attached hydrogen (secondary N) is 2. The summed E-state index contributed by atoms with van der Waals surface area (Å²) < 4.78 is 54.1. The SMILES string of the molecule is CCCn1nc(Nc2cnccc2C(=O)O)c2cc(Cl)ccc21.O=C(O)c1ccncc1Nc1nn(CCC(F)(F)F)c2ccc(F)cc12. The van der Waals surface area contributed by atoms with Crippen molar-refractivity contribution < 1.29 is 37.4 Å². The van der Waals surface area contributed by atoms with Gasteiger partial charge in [0.1, 0.15) is 5.82 Å².